The Balaban J connectivity index is 2.11. The molecule has 112 valence electrons. The average Bonchev–Trinajstić information content (AvgIpc) is 3.06. The summed E-state index contributed by atoms with van der Waals surface area (Å²) in [4.78, 5) is 0. The third-order valence-electron chi connectivity index (χ3n) is 4.83. The average molecular weight is 269 g/mol. The van der Waals surface area contributed by atoms with Gasteiger partial charge in [0.2, 0.25) is 0 Å². The van der Waals surface area contributed by atoms with Crippen LogP contribution in [-0.2, 0) is 9.47 Å². The Morgan fingerprint density at radius 2 is 2.05 bits per heavy atom. The second-order valence-corrected chi connectivity index (χ2v) is 7.57. The molecule has 3 atom stereocenters. The van der Waals surface area contributed by atoms with E-state index in [-0.39, 0.29) is 11.0 Å². The maximum Gasteiger partial charge on any atom is 0.0675 e. The summed E-state index contributed by atoms with van der Waals surface area (Å²) in [5.41, 5.74) is 0.418. The third-order valence-corrected chi connectivity index (χ3v) is 4.83. The predicted molar refractivity (Wildman–Crippen MR) is 78.3 cm³/mol. The fourth-order valence-electron chi connectivity index (χ4n) is 3.42. The molecule has 3 heteroatoms. The lowest BCUT2D eigenvalue weighted by Crippen LogP contribution is -2.51. The molecular weight excluding hydrogens is 238 g/mol. The quantitative estimate of drug-likeness (QED) is 0.804. The van der Waals surface area contributed by atoms with E-state index in [4.69, 9.17) is 9.47 Å². The van der Waals surface area contributed by atoms with Crippen LogP contribution in [0.4, 0.5) is 0 Å². The van der Waals surface area contributed by atoms with Crippen LogP contribution in [0.5, 0.6) is 0 Å². The summed E-state index contributed by atoms with van der Waals surface area (Å²) in [6, 6.07) is 0. The van der Waals surface area contributed by atoms with Crippen molar-refractivity contribution in [2.75, 3.05) is 26.9 Å². The molecule has 2 rings (SSSR count). The topological polar surface area (TPSA) is 30.5 Å². The highest BCUT2D eigenvalue weighted by molar-refractivity contribution is 5.03. The van der Waals surface area contributed by atoms with E-state index >= 15 is 0 Å². The molecule has 3 nitrogen and oxygen atoms in total. The highest BCUT2D eigenvalue weighted by Gasteiger charge is 2.53. The van der Waals surface area contributed by atoms with Gasteiger partial charge in [-0.15, -0.1) is 0 Å². The first-order chi connectivity index (χ1) is 8.89. The van der Waals surface area contributed by atoms with Gasteiger partial charge in [0.1, 0.15) is 0 Å². The second-order valence-electron chi connectivity index (χ2n) is 7.57. The van der Waals surface area contributed by atoms with Crippen molar-refractivity contribution >= 4 is 0 Å². The maximum absolute atomic E-state index is 6.13. The van der Waals surface area contributed by atoms with Crippen LogP contribution in [0.3, 0.4) is 0 Å². The largest absolute Gasteiger partial charge is 0.384 e. The SMILES string of the molecule is COCC(C)C1(CNC(C)(C)C)CCOC1C1CC1. The van der Waals surface area contributed by atoms with Gasteiger partial charge in [0.15, 0.2) is 0 Å². The second kappa shape index (κ2) is 5.71. The molecule has 0 bridgehead atoms. The van der Waals surface area contributed by atoms with Crippen molar-refractivity contribution in [1.82, 2.24) is 5.32 Å². The van der Waals surface area contributed by atoms with E-state index in [1.54, 1.807) is 0 Å². The molecule has 19 heavy (non-hydrogen) atoms. The summed E-state index contributed by atoms with van der Waals surface area (Å²) in [5, 5.41) is 3.72. The molecule has 2 fully saturated rings. The van der Waals surface area contributed by atoms with E-state index in [1.165, 1.54) is 19.3 Å². The highest BCUT2D eigenvalue weighted by Crippen LogP contribution is 2.51. The van der Waals surface area contributed by atoms with Crippen LogP contribution in [0.15, 0.2) is 0 Å². The summed E-state index contributed by atoms with van der Waals surface area (Å²) in [6.07, 6.45) is 4.30. The Morgan fingerprint density at radius 1 is 1.37 bits per heavy atom. The zero-order valence-corrected chi connectivity index (χ0v) is 13.3. The fraction of sp³-hybridized carbons (Fsp3) is 1.00. The predicted octanol–water partition coefficient (Wildman–Crippen LogP) is 2.84. The Bertz CT molecular complexity index is 296. The number of hydrogen-bond acceptors (Lipinski definition) is 3. The lowest BCUT2D eigenvalue weighted by Gasteiger charge is -2.41. The maximum atomic E-state index is 6.13. The lowest BCUT2D eigenvalue weighted by atomic mass is 9.69. The first kappa shape index (κ1) is 15.3. The number of ether oxygens (including phenoxy) is 2. The first-order valence-electron chi connectivity index (χ1n) is 7.74. The molecule has 1 heterocycles. The minimum atomic E-state index is 0.163. The van der Waals surface area contributed by atoms with Gasteiger partial charge in [-0.25, -0.2) is 0 Å². The van der Waals surface area contributed by atoms with E-state index in [2.05, 4.69) is 33.0 Å². The molecule has 0 radical (unpaired) electrons. The zero-order chi connectivity index (χ0) is 14.1. The Labute approximate surface area is 118 Å². The molecule has 2 aliphatic rings. The van der Waals surface area contributed by atoms with Crippen molar-refractivity contribution in [2.45, 2.75) is 58.6 Å². The van der Waals surface area contributed by atoms with Gasteiger partial charge < -0.3 is 14.8 Å². The number of hydrogen-bond donors (Lipinski definition) is 1. The fourth-order valence-corrected chi connectivity index (χ4v) is 3.42. The molecule has 0 aromatic rings. The summed E-state index contributed by atoms with van der Waals surface area (Å²) < 4.78 is 11.6. The smallest absolute Gasteiger partial charge is 0.0675 e. The van der Waals surface area contributed by atoms with Gasteiger partial charge in [-0.05, 0) is 51.9 Å². The minimum absolute atomic E-state index is 0.163. The van der Waals surface area contributed by atoms with Crippen molar-refractivity contribution in [3.63, 3.8) is 0 Å². The monoisotopic (exact) mass is 269 g/mol. The van der Waals surface area contributed by atoms with E-state index in [0.717, 1.165) is 25.7 Å². The molecule has 1 saturated heterocycles. The summed E-state index contributed by atoms with van der Waals surface area (Å²) in [6.45, 7) is 11.8. The minimum Gasteiger partial charge on any atom is -0.384 e. The van der Waals surface area contributed by atoms with Crippen LogP contribution in [0.2, 0.25) is 0 Å². The Kier molecular flexibility index (Phi) is 4.59. The van der Waals surface area contributed by atoms with Crippen molar-refractivity contribution in [3.05, 3.63) is 0 Å². The molecular formula is C16H31NO2. The zero-order valence-electron chi connectivity index (χ0n) is 13.3. The van der Waals surface area contributed by atoms with Gasteiger partial charge in [-0.3, -0.25) is 0 Å². The van der Waals surface area contributed by atoms with Crippen molar-refractivity contribution in [2.24, 2.45) is 17.3 Å². The van der Waals surface area contributed by atoms with Crippen LogP contribution < -0.4 is 5.32 Å². The summed E-state index contributed by atoms with van der Waals surface area (Å²) in [7, 11) is 1.81. The molecule has 0 amide bonds. The summed E-state index contributed by atoms with van der Waals surface area (Å²) in [5.74, 6) is 1.34. The van der Waals surface area contributed by atoms with Crippen LogP contribution in [-0.4, -0.2) is 38.5 Å². The van der Waals surface area contributed by atoms with Crippen LogP contribution in [0.25, 0.3) is 0 Å². The van der Waals surface area contributed by atoms with Crippen molar-refractivity contribution in [3.8, 4) is 0 Å². The van der Waals surface area contributed by atoms with E-state index in [0.29, 0.717) is 12.0 Å². The van der Waals surface area contributed by atoms with Crippen LogP contribution in [0, 0.1) is 17.3 Å². The third kappa shape index (κ3) is 3.50. The molecule has 1 saturated carbocycles. The molecule has 0 aromatic heterocycles. The van der Waals surface area contributed by atoms with Crippen molar-refractivity contribution in [1.29, 1.82) is 0 Å². The molecule has 1 aliphatic carbocycles. The van der Waals surface area contributed by atoms with E-state index < -0.39 is 0 Å². The van der Waals surface area contributed by atoms with Gasteiger partial charge in [0, 0.05) is 37.8 Å². The number of nitrogens with one attached hydrogen (secondary N) is 1. The number of methoxy groups -OCH3 is 1. The van der Waals surface area contributed by atoms with Crippen molar-refractivity contribution < 1.29 is 9.47 Å². The number of rotatable bonds is 6. The van der Waals surface area contributed by atoms with E-state index in [1.807, 2.05) is 7.11 Å². The first-order valence-corrected chi connectivity index (χ1v) is 7.74. The molecule has 0 aromatic carbocycles. The van der Waals surface area contributed by atoms with E-state index in [9.17, 15) is 0 Å². The van der Waals surface area contributed by atoms with Crippen LogP contribution >= 0.6 is 0 Å². The van der Waals surface area contributed by atoms with Gasteiger partial charge in [0.05, 0.1) is 6.10 Å². The summed E-state index contributed by atoms with van der Waals surface area (Å²) >= 11 is 0. The Hall–Kier alpha value is -0.120. The normalized spacial score (nSPS) is 33.6. The molecule has 0 spiro atoms. The lowest BCUT2D eigenvalue weighted by molar-refractivity contribution is -0.0206. The highest BCUT2D eigenvalue weighted by atomic mass is 16.5. The standard InChI is InChI=1S/C16H31NO2/c1-12(10-18-5)16(11-17-15(2,3)4)8-9-19-14(16)13-6-7-13/h12-14,17H,6-11H2,1-5H3. The van der Waals surface area contributed by atoms with Gasteiger partial charge in [-0.1, -0.05) is 6.92 Å². The molecule has 1 N–H and O–H groups in total. The Morgan fingerprint density at radius 3 is 2.58 bits per heavy atom. The van der Waals surface area contributed by atoms with Gasteiger partial charge in [-0.2, -0.15) is 0 Å². The molecule has 1 aliphatic heterocycles. The van der Waals surface area contributed by atoms with Crippen LogP contribution in [0.1, 0.15) is 47.0 Å². The van der Waals surface area contributed by atoms with Gasteiger partial charge >= 0.3 is 0 Å². The van der Waals surface area contributed by atoms with Gasteiger partial charge in [0.25, 0.3) is 0 Å². The molecule has 3 unspecified atom stereocenters.